The van der Waals surface area contributed by atoms with Gasteiger partial charge >= 0.3 is 0 Å². The second kappa shape index (κ2) is 7.42. The average molecular weight is 364 g/mol. The summed E-state index contributed by atoms with van der Waals surface area (Å²) in [6.45, 7) is 1.82. The fraction of sp³-hybridized carbons (Fsp3) is 0.238. The highest BCUT2D eigenvalue weighted by atomic mass is 16.5. The zero-order valence-corrected chi connectivity index (χ0v) is 15.6. The average Bonchev–Trinajstić information content (AvgIpc) is 2.70. The minimum atomic E-state index is -0.710. The van der Waals surface area contributed by atoms with Crippen molar-refractivity contribution in [3.63, 3.8) is 0 Å². The highest BCUT2D eigenvalue weighted by Gasteiger charge is 2.32. The molecule has 0 bridgehead atoms. The molecule has 6 heteroatoms. The standard InChI is InChI=1S/C21H20N2O4/c1-13-9-14-7-5-6-8-16(14)17(12-22)23(13)21(24)15-10-18(25-2)20(27-4)19(11-15)26-3/h5-11,17H,1-4H3. The Morgan fingerprint density at radius 3 is 2.26 bits per heavy atom. The van der Waals surface area contributed by atoms with Gasteiger partial charge in [0.2, 0.25) is 5.75 Å². The Labute approximate surface area is 158 Å². The van der Waals surface area contributed by atoms with Crippen LogP contribution in [0.15, 0.2) is 42.1 Å². The van der Waals surface area contributed by atoms with Crippen molar-refractivity contribution in [3.8, 4) is 23.3 Å². The second-order valence-corrected chi connectivity index (χ2v) is 6.04. The number of carbonyl (C=O) groups is 1. The predicted molar refractivity (Wildman–Crippen MR) is 101 cm³/mol. The van der Waals surface area contributed by atoms with Crippen LogP contribution in [0.3, 0.4) is 0 Å². The van der Waals surface area contributed by atoms with Crippen molar-refractivity contribution in [2.75, 3.05) is 21.3 Å². The summed E-state index contributed by atoms with van der Waals surface area (Å²) in [5, 5.41) is 9.76. The molecule has 138 valence electrons. The fourth-order valence-electron chi connectivity index (χ4n) is 3.28. The van der Waals surface area contributed by atoms with E-state index in [4.69, 9.17) is 14.2 Å². The van der Waals surface area contributed by atoms with Crippen molar-refractivity contribution in [2.45, 2.75) is 13.0 Å². The van der Waals surface area contributed by atoms with Gasteiger partial charge in [0.15, 0.2) is 11.5 Å². The van der Waals surface area contributed by atoms with Crippen LogP contribution in [0.1, 0.15) is 34.5 Å². The monoisotopic (exact) mass is 364 g/mol. The number of carbonyl (C=O) groups excluding carboxylic acids is 1. The molecule has 0 aliphatic carbocycles. The molecule has 3 rings (SSSR count). The highest BCUT2D eigenvalue weighted by Crippen LogP contribution is 2.40. The maximum atomic E-state index is 13.3. The third-order valence-corrected chi connectivity index (χ3v) is 4.55. The third-order valence-electron chi connectivity index (χ3n) is 4.55. The van der Waals surface area contributed by atoms with E-state index in [0.29, 0.717) is 28.5 Å². The molecule has 1 aliphatic heterocycles. The van der Waals surface area contributed by atoms with Crippen molar-refractivity contribution in [3.05, 3.63) is 58.8 Å². The van der Waals surface area contributed by atoms with E-state index in [9.17, 15) is 10.1 Å². The minimum Gasteiger partial charge on any atom is -0.493 e. The fourth-order valence-corrected chi connectivity index (χ4v) is 3.28. The van der Waals surface area contributed by atoms with Gasteiger partial charge in [-0.15, -0.1) is 0 Å². The van der Waals surface area contributed by atoms with Crippen LogP contribution in [0.25, 0.3) is 6.08 Å². The first-order valence-electron chi connectivity index (χ1n) is 8.36. The maximum absolute atomic E-state index is 13.3. The lowest BCUT2D eigenvalue weighted by Gasteiger charge is -2.33. The van der Waals surface area contributed by atoms with Crippen molar-refractivity contribution >= 4 is 12.0 Å². The normalized spacial score (nSPS) is 15.3. The van der Waals surface area contributed by atoms with Gasteiger partial charge in [-0.1, -0.05) is 24.3 Å². The lowest BCUT2D eigenvalue weighted by atomic mass is 9.94. The van der Waals surface area contributed by atoms with Gasteiger partial charge in [-0.25, -0.2) is 0 Å². The molecule has 1 amide bonds. The Bertz CT molecular complexity index is 934. The zero-order valence-electron chi connectivity index (χ0n) is 15.6. The third kappa shape index (κ3) is 3.08. The van der Waals surface area contributed by atoms with Gasteiger partial charge in [-0.3, -0.25) is 9.69 Å². The van der Waals surface area contributed by atoms with Crippen LogP contribution in [-0.2, 0) is 0 Å². The summed E-state index contributed by atoms with van der Waals surface area (Å²) in [6, 6.07) is 12.3. The number of rotatable bonds is 4. The van der Waals surface area contributed by atoms with E-state index in [1.807, 2.05) is 37.3 Å². The molecule has 0 saturated heterocycles. The summed E-state index contributed by atoms with van der Waals surface area (Å²) < 4.78 is 16.0. The number of methoxy groups -OCH3 is 3. The summed E-state index contributed by atoms with van der Waals surface area (Å²) in [4.78, 5) is 14.8. The van der Waals surface area contributed by atoms with E-state index in [0.717, 1.165) is 11.1 Å². The molecule has 27 heavy (non-hydrogen) atoms. The van der Waals surface area contributed by atoms with E-state index in [1.54, 1.807) is 12.1 Å². The molecule has 0 saturated carbocycles. The van der Waals surface area contributed by atoms with Crippen LogP contribution >= 0.6 is 0 Å². The Morgan fingerprint density at radius 1 is 1.07 bits per heavy atom. The Hall–Kier alpha value is -3.46. The van der Waals surface area contributed by atoms with Crippen LogP contribution in [0.5, 0.6) is 17.2 Å². The molecule has 0 N–H and O–H groups in total. The smallest absolute Gasteiger partial charge is 0.259 e. The number of hydrogen-bond acceptors (Lipinski definition) is 5. The molecule has 1 aliphatic rings. The summed E-state index contributed by atoms with van der Waals surface area (Å²) in [7, 11) is 4.49. The first kappa shape index (κ1) is 18.3. The van der Waals surface area contributed by atoms with Crippen LogP contribution in [0.4, 0.5) is 0 Å². The van der Waals surface area contributed by atoms with Gasteiger partial charge in [0.25, 0.3) is 5.91 Å². The van der Waals surface area contributed by atoms with E-state index in [2.05, 4.69) is 6.07 Å². The molecule has 2 aromatic carbocycles. The lowest BCUT2D eigenvalue weighted by Crippen LogP contribution is -2.35. The van der Waals surface area contributed by atoms with Gasteiger partial charge in [0.1, 0.15) is 6.04 Å². The molecule has 0 aromatic heterocycles. The Morgan fingerprint density at radius 2 is 1.70 bits per heavy atom. The molecular formula is C21H20N2O4. The summed E-state index contributed by atoms with van der Waals surface area (Å²) in [6.07, 6.45) is 1.90. The van der Waals surface area contributed by atoms with E-state index >= 15 is 0 Å². The molecule has 1 atom stereocenters. The number of benzene rings is 2. The molecular weight excluding hydrogens is 344 g/mol. The highest BCUT2D eigenvalue weighted by molar-refractivity contribution is 5.98. The largest absolute Gasteiger partial charge is 0.493 e. The van der Waals surface area contributed by atoms with Gasteiger partial charge in [0.05, 0.1) is 27.4 Å². The number of ether oxygens (including phenoxy) is 3. The minimum absolute atomic E-state index is 0.316. The summed E-state index contributed by atoms with van der Waals surface area (Å²) in [5.74, 6) is 0.856. The van der Waals surface area contributed by atoms with Crippen molar-refractivity contribution in [1.29, 1.82) is 5.26 Å². The first-order valence-corrected chi connectivity index (χ1v) is 8.36. The second-order valence-electron chi connectivity index (χ2n) is 6.04. The Kier molecular flexibility index (Phi) is 5.04. The van der Waals surface area contributed by atoms with Crippen LogP contribution in [0, 0.1) is 11.3 Å². The molecule has 0 radical (unpaired) electrons. The van der Waals surface area contributed by atoms with E-state index in [1.165, 1.54) is 26.2 Å². The summed E-state index contributed by atoms with van der Waals surface area (Å²) in [5.41, 5.74) is 2.78. The number of nitrogens with zero attached hydrogens (tertiary/aromatic N) is 2. The molecule has 2 aromatic rings. The van der Waals surface area contributed by atoms with Crippen molar-refractivity contribution in [1.82, 2.24) is 4.90 Å². The van der Waals surface area contributed by atoms with Crippen LogP contribution in [-0.4, -0.2) is 32.1 Å². The van der Waals surface area contributed by atoms with E-state index < -0.39 is 6.04 Å². The number of fused-ring (bicyclic) bond motifs is 1. The summed E-state index contributed by atoms with van der Waals surface area (Å²) >= 11 is 0. The number of allylic oxidation sites excluding steroid dienone is 1. The van der Waals surface area contributed by atoms with Gasteiger partial charge < -0.3 is 14.2 Å². The number of hydrogen-bond donors (Lipinski definition) is 0. The van der Waals surface area contributed by atoms with Gasteiger partial charge in [-0.2, -0.15) is 5.26 Å². The number of nitriles is 1. The molecule has 6 nitrogen and oxygen atoms in total. The molecule has 0 fully saturated rings. The SMILES string of the molecule is COc1cc(C(=O)N2C(C)=Cc3ccccc3C2C#N)cc(OC)c1OC. The zero-order chi connectivity index (χ0) is 19.6. The lowest BCUT2D eigenvalue weighted by molar-refractivity contribution is 0.0774. The molecule has 0 spiro atoms. The predicted octanol–water partition coefficient (Wildman–Crippen LogP) is 3.79. The van der Waals surface area contributed by atoms with Crippen molar-refractivity contribution < 1.29 is 19.0 Å². The molecule has 1 heterocycles. The van der Waals surface area contributed by atoms with Crippen LogP contribution in [0.2, 0.25) is 0 Å². The van der Waals surface area contributed by atoms with Gasteiger partial charge in [0, 0.05) is 11.3 Å². The first-order chi connectivity index (χ1) is 13.0. The topological polar surface area (TPSA) is 71.8 Å². The Balaban J connectivity index is 2.10. The van der Waals surface area contributed by atoms with E-state index in [-0.39, 0.29) is 5.91 Å². The maximum Gasteiger partial charge on any atom is 0.259 e. The molecule has 1 unspecified atom stereocenters. The number of amides is 1. The van der Waals surface area contributed by atoms with Crippen LogP contribution < -0.4 is 14.2 Å². The van der Waals surface area contributed by atoms with Gasteiger partial charge in [-0.05, 0) is 36.3 Å². The van der Waals surface area contributed by atoms with Crippen molar-refractivity contribution in [2.24, 2.45) is 0 Å². The quantitative estimate of drug-likeness (QED) is 0.825.